The van der Waals surface area contributed by atoms with Crippen molar-refractivity contribution in [2.75, 3.05) is 15.4 Å². The van der Waals surface area contributed by atoms with Crippen molar-refractivity contribution in [3.05, 3.63) is 71.4 Å². The molecule has 2 aromatic heterocycles. The molecule has 3 N–H and O–H groups in total. The van der Waals surface area contributed by atoms with E-state index >= 15 is 0 Å². The highest BCUT2D eigenvalue weighted by molar-refractivity contribution is 7.94. The summed E-state index contributed by atoms with van der Waals surface area (Å²) in [6.45, 7) is 6.63. The average Bonchev–Trinajstić information content (AvgIpc) is 3.23. The second-order valence-corrected chi connectivity index (χ2v) is 12.3. The van der Waals surface area contributed by atoms with Gasteiger partial charge in [0.1, 0.15) is 11.6 Å². The second-order valence-electron chi connectivity index (χ2n) is 9.49. The Morgan fingerprint density at radius 1 is 1.03 bits per heavy atom. The summed E-state index contributed by atoms with van der Waals surface area (Å²) in [6, 6.07) is 9.65. The van der Waals surface area contributed by atoms with Crippen molar-refractivity contribution in [3.8, 4) is 11.1 Å². The molecule has 2 heterocycles. The minimum atomic E-state index is -3.67. The first kappa shape index (κ1) is 26.4. The Bertz CT molecular complexity index is 1570. The predicted molar refractivity (Wildman–Crippen MR) is 146 cm³/mol. The van der Waals surface area contributed by atoms with Crippen molar-refractivity contribution < 1.29 is 12.8 Å². The Kier molecular flexibility index (Phi) is 7.11. The monoisotopic (exact) mass is 543 g/mol. The van der Waals surface area contributed by atoms with Crippen LogP contribution in [0.3, 0.4) is 0 Å². The first-order valence-electron chi connectivity index (χ1n) is 11.3. The maximum atomic E-state index is 14.8. The Hall–Kier alpha value is -3.70. The summed E-state index contributed by atoms with van der Waals surface area (Å²) < 4.78 is 43.1. The molecule has 0 radical (unpaired) electrons. The summed E-state index contributed by atoms with van der Waals surface area (Å²) in [5, 5.41) is 10.5. The Labute approximate surface area is 220 Å². The maximum absolute atomic E-state index is 14.8. The molecule has 0 atom stereocenters. The number of hydrogen-bond acceptors (Lipinski definition) is 7. The van der Waals surface area contributed by atoms with Crippen LogP contribution in [0.4, 0.5) is 33.2 Å². The van der Waals surface area contributed by atoms with E-state index in [1.54, 1.807) is 81.4 Å². The summed E-state index contributed by atoms with van der Waals surface area (Å²) >= 11 is 6.24. The summed E-state index contributed by atoms with van der Waals surface area (Å²) in [5.41, 5.74) is 3.15. The second kappa shape index (κ2) is 9.98. The number of nitrogens with zero attached hydrogens (tertiary/aromatic N) is 4. The van der Waals surface area contributed by atoms with Crippen molar-refractivity contribution in [2.24, 2.45) is 7.05 Å². The van der Waals surface area contributed by atoms with Crippen LogP contribution in [0, 0.1) is 12.7 Å². The highest BCUT2D eigenvalue weighted by Gasteiger charge is 2.29. The molecule has 0 spiro atoms. The van der Waals surface area contributed by atoms with Crippen LogP contribution in [0.15, 0.2) is 55.0 Å². The van der Waals surface area contributed by atoms with E-state index in [0.29, 0.717) is 28.3 Å². The average molecular weight is 544 g/mol. The zero-order valence-corrected chi connectivity index (χ0v) is 22.5. The molecule has 0 bridgehead atoms. The van der Waals surface area contributed by atoms with E-state index in [1.165, 1.54) is 6.07 Å². The fourth-order valence-corrected chi connectivity index (χ4v) is 4.25. The molecule has 37 heavy (non-hydrogen) atoms. The van der Waals surface area contributed by atoms with E-state index in [4.69, 9.17) is 11.6 Å². The third-order valence-electron chi connectivity index (χ3n) is 5.49. The Morgan fingerprint density at radius 3 is 2.38 bits per heavy atom. The third kappa shape index (κ3) is 6.00. The number of benzene rings is 2. The van der Waals surface area contributed by atoms with Crippen LogP contribution in [0.2, 0.25) is 5.02 Å². The largest absolute Gasteiger partial charge is 0.340 e. The van der Waals surface area contributed by atoms with Gasteiger partial charge in [-0.3, -0.25) is 9.40 Å². The summed E-state index contributed by atoms with van der Waals surface area (Å²) in [5.74, 6) is 0.330. The quantitative estimate of drug-likeness (QED) is 0.262. The van der Waals surface area contributed by atoms with Gasteiger partial charge in [0, 0.05) is 47.5 Å². The molecule has 12 heteroatoms. The van der Waals surface area contributed by atoms with Crippen molar-refractivity contribution in [1.29, 1.82) is 0 Å². The standard InChI is InChI=1S/C25H27ClFN7O2S/c1-15-12-28-24(31-17-6-8-19(21(27)10-17)16-13-29-34(5)14-16)32-23(15)30-18-7-9-20(26)22(11-18)33-37(35,36)25(2,3)4/h6-14,33H,1-5H3,(H2,28,30,31,32). The molecule has 0 unspecified atom stereocenters. The lowest BCUT2D eigenvalue weighted by molar-refractivity contribution is 0.566. The van der Waals surface area contributed by atoms with E-state index in [9.17, 15) is 12.8 Å². The summed E-state index contributed by atoms with van der Waals surface area (Å²) in [4.78, 5) is 8.79. The van der Waals surface area contributed by atoms with Crippen LogP contribution < -0.4 is 15.4 Å². The van der Waals surface area contributed by atoms with Crippen molar-refractivity contribution in [2.45, 2.75) is 32.4 Å². The minimum absolute atomic E-state index is 0.246. The number of aromatic nitrogens is 4. The van der Waals surface area contributed by atoms with Crippen LogP contribution in [0.5, 0.6) is 0 Å². The number of aryl methyl sites for hydroxylation is 2. The molecule has 0 saturated carbocycles. The van der Waals surface area contributed by atoms with Gasteiger partial charge < -0.3 is 10.6 Å². The smallest absolute Gasteiger partial charge is 0.237 e. The lowest BCUT2D eigenvalue weighted by atomic mass is 10.1. The van der Waals surface area contributed by atoms with E-state index < -0.39 is 20.6 Å². The van der Waals surface area contributed by atoms with Gasteiger partial charge in [-0.25, -0.2) is 17.8 Å². The molecular weight excluding hydrogens is 517 g/mol. The fraction of sp³-hybridized carbons (Fsp3) is 0.240. The molecule has 0 aliphatic carbocycles. The van der Waals surface area contributed by atoms with Gasteiger partial charge in [0.05, 0.1) is 21.7 Å². The van der Waals surface area contributed by atoms with Crippen molar-refractivity contribution in [1.82, 2.24) is 19.7 Å². The van der Waals surface area contributed by atoms with E-state index in [2.05, 4.69) is 30.4 Å². The maximum Gasteiger partial charge on any atom is 0.237 e. The summed E-state index contributed by atoms with van der Waals surface area (Å²) in [7, 11) is -1.90. The first-order valence-corrected chi connectivity index (χ1v) is 13.2. The molecule has 0 saturated heterocycles. The molecule has 2 aromatic carbocycles. The van der Waals surface area contributed by atoms with Crippen molar-refractivity contribution >= 4 is 50.5 Å². The van der Waals surface area contributed by atoms with Gasteiger partial charge in [0.15, 0.2) is 0 Å². The lowest BCUT2D eigenvalue weighted by Gasteiger charge is -2.21. The molecule has 0 aliphatic rings. The van der Waals surface area contributed by atoms with E-state index in [0.717, 1.165) is 5.56 Å². The van der Waals surface area contributed by atoms with Gasteiger partial charge in [-0.15, -0.1) is 0 Å². The Morgan fingerprint density at radius 2 is 1.73 bits per heavy atom. The number of anilines is 5. The first-order chi connectivity index (χ1) is 17.3. The number of nitrogens with one attached hydrogen (secondary N) is 3. The summed E-state index contributed by atoms with van der Waals surface area (Å²) in [6.07, 6.45) is 4.96. The third-order valence-corrected chi connectivity index (χ3v) is 7.92. The van der Waals surface area contributed by atoms with Crippen LogP contribution in [-0.2, 0) is 17.1 Å². The number of hydrogen-bond donors (Lipinski definition) is 3. The van der Waals surface area contributed by atoms with Crippen LogP contribution >= 0.6 is 11.6 Å². The molecular formula is C25H27ClFN7O2S. The fourth-order valence-electron chi connectivity index (χ4n) is 3.26. The number of rotatable bonds is 7. The number of sulfonamides is 1. The Balaban J connectivity index is 1.55. The van der Waals surface area contributed by atoms with Crippen LogP contribution in [0.25, 0.3) is 11.1 Å². The highest BCUT2D eigenvalue weighted by atomic mass is 35.5. The molecule has 0 aliphatic heterocycles. The normalized spacial score (nSPS) is 11.9. The minimum Gasteiger partial charge on any atom is -0.340 e. The molecule has 0 fully saturated rings. The lowest BCUT2D eigenvalue weighted by Crippen LogP contribution is -2.33. The van der Waals surface area contributed by atoms with Gasteiger partial charge in [-0.2, -0.15) is 10.1 Å². The molecule has 4 aromatic rings. The molecule has 9 nitrogen and oxygen atoms in total. The van der Waals surface area contributed by atoms with Gasteiger partial charge in [-0.1, -0.05) is 11.6 Å². The molecule has 0 amide bonds. The van der Waals surface area contributed by atoms with Crippen molar-refractivity contribution in [3.63, 3.8) is 0 Å². The SMILES string of the molecule is Cc1cnc(Nc2ccc(-c3cnn(C)c3)c(F)c2)nc1Nc1ccc(Cl)c(NS(=O)(=O)C(C)(C)C)c1. The molecule has 4 rings (SSSR count). The predicted octanol–water partition coefficient (Wildman–Crippen LogP) is 6.01. The van der Waals surface area contributed by atoms with Gasteiger partial charge in [-0.05, 0) is 64.1 Å². The molecule has 194 valence electrons. The van der Waals surface area contributed by atoms with E-state index in [-0.39, 0.29) is 16.7 Å². The van der Waals surface area contributed by atoms with Gasteiger partial charge in [0.25, 0.3) is 0 Å². The van der Waals surface area contributed by atoms with E-state index in [1.807, 2.05) is 6.92 Å². The highest BCUT2D eigenvalue weighted by Crippen LogP contribution is 2.31. The van der Waals surface area contributed by atoms with Gasteiger partial charge in [0.2, 0.25) is 16.0 Å². The van der Waals surface area contributed by atoms with Crippen LogP contribution in [0.1, 0.15) is 26.3 Å². The van der Waals surface area contributed by atoms with Gasteiger partial charge >= 0.3 is 0 Å². The number of halogens is 2. The van der Waals surface area contributed by atoms with Crippen LogP contribution in [-0.4, -0.2) is 32.9 Å². The zero-order valence-electron chi connectivity index (χ0n) is 21.0. The topological polar surface area (TPSA) is 114 Å². The zero-order chi connectivity index (χ0) is 27.0.